The van der Waals surface area contributed by atoms with E-state index < -0.39 is 42.2 Å². The molecule has 3 amide bonds. The zero-order chi connectivity index (χ0) is 20.8. The Morgan fingerprint density at radius 2 is 1.97 bits per heavy atom. The van der Waals surface area contributed by atoms with Crippen LogP contribution < -0.4 is 16.1 Å². The molecule has 2 aliphatic heterocycles. The molecule has 1 unspecified atom stereocenters. The van der Waals surface area contributed by atoms with Crippen LogP contribution in [0.3, 0.4) is 0 Å². The summed E-state index contributed by atoms with van der Waals surface area (Å²) in [6, 6.07) is 7.65. The number of hydrogen-bond acceptors (Lipinski definition) is 7. The van der Waals surface area contributed by atoms with E-state index in [4.69, 9.17) is 9.47 Å². The molecule has 1 aromatic rings. The van der Waals surface area contributed by atoms with Crippen molar-refractivity contribution in [2.45, 2.75) is 51.1 Å². The van der Waals surface area contributed by atoms with E-state index in [1.807, 2.05) is 30.3 Å². The average Bonchev–Trinajstić information content (AvgIpc) is 2.71. The zero-order valence-corrected chi connectivity index (χ0v) is 16.1. The molecule has 3 rings (SSSR count). The Morgan fingerprint density at radius 3 is 2.66 bits per heavy atom. The maximum absolute atomic E-state index is 12.7. The molecule has 156 valence electrons. The fraction of sp³-hybridized carbons (Fsp3) is 0.474. The van der Waals surface area contributed by atoms with Crippen LogP contribution in [0.5, 0.6) is 0 Å². The second-order valence-corrected chi connectivity index (χ2v) is 6.90. The highest BCUT2D eigenvalue weighted by molar-refractivity contribution is 5.94. The van der Waals surface area contributed by atoms with Crippen LogP contribution in [0.1, 0.15) is 31.7 Å². The maximum Gasteiger partial charge on any atom is 0.422 e. The fourth-order valence-electron chi connectivity index (χ4n) is 3.23. The number of benzene rings is 1. The summed E-state index contributed by atoms with van der Waals surface area (Å²) in [5, 5.41) is 6.52. The van der Waals surface area contributed by atoms with Crippen LogP contribution >= 0.6 is 0 Å². The van der Waals surface area contributed by atoms with Crippen LogP contribution in [-0.2, 0) is 30.5 Å². The topological polar surface area (TPSA) is 126 Å². The molecule has 0 spiro atoms. The van der Waals surface area contributed by atoms with Gasteiger partial charge in [-0.25, -0.2) is 9.80 Å². The van der Waals surface area contributed by atoms with E-state index in [1.54, 1.807) is 0 Å². The number of hydrazine groups is 1. The van der Waals surface area contributed by atoms with Crippen LogP contribution in [0.4, 0.5) is 4.79 Å². The number of carbonyl (C=O) groups is 4. The highest BCUT2D eigenvalue weighted by Crippen LogP contribution is 2.17. The minimum absolute atomic E-state index is 0.115. The van der Waals surface area contributed by atoms with Gasteiger partial charge in [-0.3, -0.25) is 19.8 Å². The van der Waals surface area contributed by atoms with Crippen LogP contribution in [0, 0.1) is 0 Å². The highest BCUT2D eigenvalue weighted by atomic mass is 16.6. The van der Waals surface area contributed by atoms with Gasteiger partial charge in [0.1, 0.15) is 12.6 Å². The Morgan fingerprint density at radius 1 is 1.21 bits per heavy atom. The van der Waals surface area contributed by atoms with Crippen molar-refractivity contribution in [2.75, 3.05) is 6.54 Å². The van der Waals surface area contributed by atoms with Crippen molar-refractivity contribution in [1.29, 1.82) is 0 Å². The predicted octanol–water partition coefficient (Wildman–Crippen LogP) is 0.186. The van der Waals surface area contributed by atoms with Gasteiger partial charge in [-0.1, -0.05) is 30.3 Å². The minimum Gasteiger partial charge on any atom is -0.444 e. The molecule has 10 nitrogen and oxygen atoms in total. The molecule has 10 heteroatoms. The van der Waals surface area contributed by atoms with Gasteiger partial charge >= 0.3 is 12.1 Å². The van der Waals surface area contributed by atoms with E-state index in [2.05, 4.69) is 16.1 Å². The minimum atomic E-state index is -0.944. The van der Waals surface area contributed by atoms with Crippen molar-refractivity contribution in [2.24, 2.45) is 0 Å². The molecule has 2 heterocycles. The number of nitrogens with one attached hydrogen (secondary N) is 3. The molecule has 0 saturated carbocycles. The van der Waals surface area contributed by atoms with E-state index >= 15 is 0 Å². The van der Waals surface area contributed by atoms with Gasteiger partial charge in [0.05, 0.1) is 0 Å². The van der Waals surface area contributed by atoms with Gasteiger partial charge in [-0.05, 0) is 24.8 Å². The molecule has 2 saturated heterocycles. The molecule has 0 aromatic heterocycles. The number of hydrogen-bond donors (Lipinski definition) is 3. The first-order chi connectivity index (χ1) is 13.9. The monoisotopic (exact) mass is 404 g/mol. The lowest BCUT2D eigenvalue weighted by molar-refractivity contribution is -0.165. The van der Waals surface area contributed by atoms with Crippen molar-refractivity contribution in [3.05, 3.63) is 35.9 Å². The molecule has 29 heavy (non-hydrogen) atoms. The molecule has 0 aliphatic carbocycles. The molecular weight excluding hydrogens is 380 g/mol. The van der Waals surface area contributed by atoms with Gasteiger partial charge in [0.15, 0.2) is 6.04 Å². The van der Waals surface area contributed by atoms with E-state index in [9.17, 15) is 19.2 Å². The van der Waals surface area contributed by atoms with Crippen LogP contribution in [0.2, 0.25) is 0 Å². The molecular formula is C19H24N4O6. The summed E-state index contributed by atoms with van der Waals surface area (Å²) >= 11 is 0. The van der Waals surface area contributed by atoms with Gasteiger partial charge in [-0.15, -0.1) is 0 Å². The molecule has 2 fully saturated rings. The number of carbonyl (C=O) groups excluding carboxylic acids is 4. The van der Waals surface area contributed by atoms with Crippen molar-refractivity contribution in [3.8, 4) is 0 Å². The molecule has 3 atom stereocenters. The lowest BCUT2D eigenvalue weighted by atomic mass is 10.0. The first-order valence-corrected chi connectivity index (χ1v) is 9.46. The summed E-state index contributed by atoms with van der Waals surface area (Å²) in [5.41, 5.74) is 3.46. The van der Waals surface area contributed by atoms with E-state index in [-0.39, 0.29) is 6.61 Å². The van der Waals surface area contributed by atoms with Crippen LogP contribution in [0.15, 0.2) is 30.3 Å². The maximum atomic E-state index is 12.7. The van der Waals surface area contributed by atoms with Gasteiger partial charge < -0.3 is 20.1 Å². The first-order valence-electron chi connectivity index (χ1n) is 9.46. The summed E-state index contributed by atoms with van der Waals surface area (Å²) in [4.78, 5) is 47.6. The van der Waals surface area contributed by atoms with E-state index in [1.165, 1.54) is 11.9 Å². The van der Waals surface area contributed by atoms with Crippen molar-refractivity contribution >= 4 is 23.9 Å². The molecule has 0 bridgehead atoms. The molecule has 2 aliphatic rings. The number of piperidine rings is 1. The predicted molar refractivity (Wildman–Crippen MR) is 99.7 cm³/mol. The number of rotatable bonds is 6. The van der Waals surface area contributed by atoms with E-state index in [0.717, 1.165) is 18.4 Å². The Balaban J connectivity index is 1.53. The third kappa shape index (κ3) is 5.44. The molecule has 1 aromatic carbocycles. The standard InChI is InChI=1S/C19H24N4O6/c1-12(24)29-18-15(17(26)21-18)20-16(25)14-9-5-6-10-23(14)22-19(27)28-11-13-7-3-2-4-8-13/h2-4,7-8,14-15,18H,5-6,9-11H2,1H3,(H,20,25)(H,21,26)(H,22,27)/t14?,15-,18+/m1/s1. The van der Waals surface area contributed by atoms with Gasteiger partial charge in [0.25, 0.3) is 5.91 Å². The average molecular weight is 404 g/mol. The quantitative estimate of drug-likeness (QED) is 0.456. The van der Waals surface area contributed by atoms with Crippen molar-refractivity contribution in [1.82, 2.24) is 21.1 Å². The largest absolute Gasteiger partial charge is 0.444 e. The fourth-order valence-corrected chi connectivity index (χ4v) is 3.23. The Bertz CT molecular complexity index is 771. The van der Waals surface area contributed by atoms with Gasteiger partial charge in [-0.2, -0.15) is 0 Å². The SMILES string of the molecule is CC(=O)O[C@@H]1NC(=O)[C@H]1NC(=O)C1CCCCN1NC(=O)OCc1ccccc1. The Hall–Kier alpha value is -3.14. The number of esters is 1. The van der Waals surface area contributed by atoms with Crippen molar-refractivity contribution in [3.63, 3.8) is 0 Å². The first kappa shape index (κ1) is 20.6. The van der Waals surface area contributed by atoms with E-state index in [0.29, 0.717) is 13.0 Å². The third-order valence-corrected chi connectivity index (χ3v) is 4.71. The second kappa shape index (κ2) is 9.37. The number of amides is 3. The van der Waals surface area contributed by atoms with Gasteiger partial charge in [0.2, 0.25) is 12.1 Å². The summed E-state index contributed by atoms with van der Waals surface area (Å²) in [7, 11) is 0. The highest BCUT2D eigenvalue weighted by Gasteiger charge is 2.44. The Labute approximate surface area is 167 Å². The summed E-state index contributed by atoms with van der Waals surface area (Å²) in [6.45, 7) is 1.81. The smallest absolute Gasteiger partial charge is 0.422 e. The lowest BCUT2D eigenvalue weighted by Gasteiger charge is -2.39. The third-order valence-electron chi connectivity index (χ3n) is 4.71. The summed E-state index contributed by atoms with van der Waals surface area (Å²) in [6.07, 6.45) is 0.581. The number of nitrogens with zero attached hydrogens (tertiary/aromatic N) is 1. The zero-order valence-electron chi connectivity index (χ0n) is 16.1. The Kier molecular flexibility index (Phi) is 6.65. The summed E-state index contributed by atoms with van der Waals surface area (Å²) in [5.74, 6) is -1.41. The number of ether oxygens (including phenoxy) is 2. The van der Waals surface area contributed by atoms with Crippen LogP contribution in [-0.4, -0.2) is 53.7 Å². The molecule has 3 N–H and O–H groups in total. The van der Waals surface area contributed by atoms with Crippen molar-refractivity contribution < 1.29 is 28.7 Å². The number of β-lactam (4-membered cyclic amide) rings is 1. The lowest BCUT2D eigenvalue weighted by Crippen LogP contribution is -2.72. The van der Waals surface area contributed by atoms with Crippen LogP contribution in [0.25, 0.3) is 0 Å². The summed E-state index contributed by atoms with van der Waals surface area (Å²) < 4.78 is 10.1. The van der Waals surface area contributed by atoms with Gasteiger partial charge in [0, 0.05) is 13.5 Å². The molecule has 0 radical (unpaired) electrons. The second-order valence-electron chi connectivity index (χ2n) is 6.90. The normalized spacial score (nSPS) is 23.9.